The largest absolute Gasteiger partial charge is 0.455 e. The lowest BCUT2D eigenvalue weighted by Crippen LogP contribution is -2.08. The predicted molar refractivity (Wildman–Crippen MR) is 133 cm³/mol. The molecule has 0 aromatic heterocycles. The molecule has 168 valence electrons. The van der Waals surface area contributed by atoms with Gasteiger partial charge >= 0.3 is 5.97 Å². The van der Waals surface area contributed by atoms with Crippen molar-refractivity contribution in [3.63, 3.8) is 0 Å². The number of hydrogen-bond donors (Lipinski definition) is 2. The molecular weight excluding hydrogens is 428 g/mol. The summed E-state index contributed by atoms with van der Waals surface area (Å²) in [6.07, 6.45) is 3.23. The van der Waals surface area contributed by atoms with Crippen LogP contribution in [0.3, 0.4) is 0 Å². The number of allylic oxidation sites excluding steroid dienone is 1. The third-order valence-electron chi connectivity index (χ3n) is 4.93. The molecule has 0 radical (unpaired) electrons. The predicted octanol–water partition coefficient (Wildman–Crippen LogP) is 5.76. The van der Waals surface area contributed by atoms with Crippen LogP contribution in [-0.2, 0) is 0 Å². The summed E-state index contributed by atoms with van der Waals surface area (Å²) < 4.78 is 11.2. The molecule has 4 rings (SSSR count). The van der Waals surface area contributed by atoms with E-state index in [2.05, 4.69) is 0 Å². The number of ether oxygens (including phenoxy) is 2. The molecule has 0 unspecified atom stereocenters. The minimum Gasteiger partial charge on any atom is -0.455 e. The number of anilines is 2. The summed E-state index contributed by atoms with van der Waals surface area (Å²) >= 11 is 0. The van der Waals surface area contributed by atoms with E-state index in [9.17, 15) is 9.59 Å². The molecule has 0 aliphatic rings. The fourth-order valence-corrected chi connectivity index (χ4v) is 3.13. The molecule has 0 aliphatic heterocycles. The van der Waals surface area contributed by atoms with Crippen molar-refractivity contribution >= 4 is 29.2 Å². The van der Waals surface area contributed by atoms with Crippen LogP contribution in [0.4, 0.5) is 11.4 Å². The Kier molecular flexibility index (Phi) is 6.70. The van der Waals surface area contributed by atoms with Crippen molar-refractivity contribution in [3.05, 3.63) is 120 Å². The summed E-state index contributed by atoms with van der Waals surface area (Å²) in [4.78, 5) is 24.6. The SMILES string of the molecule is Nc1ccc(Oc2ccc(C(=O)Oc3ccc(/C=C/C(=O)c4ccccc4)cc3)cc2)c(N)c1. The van der Waals surface area contributed by atoms with Crippen LogP contribution in [0.2, 0.25) is 0 Å². The number of hydrogen-bond acceptors (Lipinski definition) is 6. The van der Waals surface area contributed by atoms with Gasteiger partial charge in [0.25, 0.3) is 0 Å². The fraction of sp³-hybridized carbons (Fsp3) is 0. The Morgan fingerprint density at radius 3 is 2.06 bits per heavy atom. The van der Waals surface area contributed by atoms with Crippen molar-refractivity contribution in [2.45, 2.75) is 0 Å². The van der Waals surface area contributed by atoms with Gasteiger partial charge < -0.3 is 20.9 Å². The maximum absolute atomic E-state index is 12.5. The molecular formula is C28H22N2O4. The number of nitrogen functional groups attached to an aromatic ring is 2. The van der Waals surface area contributed by atoms with Crippen LogP contribution in [0.1, 0.15) is 26.3 Å². The van der Waals surface area contributed by atoms with Crippen molar-refractivity contribution in [1.29, 1.82) is 0 Å². The first kappa shape index (κ1) is 22.4. The smallest absolute Gasteiger partial charge is 0.343 e. The monoisotopic (exact) mass is 450 g/mol. The van der Waals surface area contributed by atoms with E-state index < -0.39 is 5.97 Å². The lowest BCUT2D eigenvalue weighted by molar-refractivity contribution is 0.0734. The van der Waals surface area contributed by atoms with Gasteiger partial charge in [-0.1, -0.05) is 48.5 Å². The molecule has 4 aromatic rings. The van der Waals surface area contributed by atoms with Gasteiger partial charge in [-0.05, 0) is 66.2 Å². The Morgan fingerprint density at radius 1 is 0.706 bits per heavy atom. The van der Waals surface area contributed by atoms with Crippen LogP contribution in [0, 0.1) is 0 Å². The molecule has 0 saturated heterocycles. The van der Waals surface area contributed by atoms with Gasteiger partial charge in [0.2, 0.25) is 0 Å². The molecule has 6 heteroatoms. The van der Waals surface area contributed by atoms with Crippen molar-refractivity contribution in [2.75, 3.05) is 11.5 Å². The summed E-state index contributed by atoms with van der Waals surface area (Å²) in [6, 6.07) is 27.4. The molecule has 0 bridgehead atoms. The first-order chi connectivity index (χ1) is 16.5. The van der Waals surface area contributed by atoms with Gasteiger partial charge in [-0.2, -0.15) is 0 Å². The highest BCUT2D eigenvalue weighted by atomic mass is 16.5. The number of rotatable bonds is 7. The van der Waals surface area contributed by atoms with Crippen LogP contribution in [0.5, 0.6) is 17.2 Å². The first-order valence-electron chi connectivity index (χ1n) is 10.5. The minimum absolute atomic E-state index is 0.0809. The zero-order chi connectivity index (χ0) is 23.9. The summed E-state index contributed by atoms with van der Waals surface area (Å²) in [5.74, 6) is 0.813. The number of ketones is 1. The van der Waals surface area contributed by atoms with E-state index in [0.717, 1.165) is 5.56 Å². The van der Waals surface area contributed by atoms with E-state index in [1.807, 2.05) is 18.2 Å². The average Bonchev–Trinajstić information content (AvgIpc) is 2.86. The summed E-state index contributed by atoms with van der Waals surface area (Å²) in [7, 11) is 0. The molecule has 4 N–H and O–H groups in total. The average molecular weight is 450 g/mol. The van der Waals surface area contributed by atoms with E-state index in [0.29, 0.717) is 39.8 Å². The highest BCUT2D eigenvalue weighted by Gasteiger charge is 2.10. The second-order valence-electron chi connectivity index (χ2n) is 7.45. The van der Waals surface area contributed by atoms with Gasteiger partial charge in [0, 0.05) is 11.3 Å². The minimum atomic E-state index is -0.499. The Hall–Kier alpha value is -4.84. The number of nitrogens with two attached hydrogens (primary N) is 2. The van der Waals surface area contributed by atoms with Crippen LogP contribution >= 0.6 is 0 Å². The molecule has 0 heterocycles. The van der Waals surface area contributed by atoms with Crippen molar-refractivity contribution in [1.82, 2.24) is 0 Å². The normalized spacial score (nSPS) is 10.7. The van der Waals surface area contributed by atoms with E-state index in [4.69, 9.17) is 20.9 Å². The molecule has 6 nitrogen and oxygen atoms in total. The standard InChI is InChI=1S/C28H22N2O4/c29-22-11-17-27(25(30)18-22)33-23-14-9-21(10-15-23)28(32)34-24-12-6-19(7-13-24)8-16-26(31)20-4-2-1-3-5-20/h1-18H,29-30H2/b16-8+. The lowest BCUT2D eigenvalue weighted by atomic mass is 10.1. The fourth-order valence-electron chi connectivity index (χ4n) is 3.13. The van der Waals surface area contributed by atoms with Crippen molar-refractivity contribution < 1.29 is 19.1 Å². The van der Waals surface area contributed by atoms with Gasteiger partial charge in [0.15, 0.2) is 5.78 Å². The zero-order valence-corrected chi connectivity index (χ0v) is 18.2. The number of carbonyl (C=O) groups is 2. The Bertz CT molecular complexity index is 1330. The molecule has 0 atom stereocenters. The molecule has 0 aliphatic carbocycles. The highest BCUT2D eigenvalue weighted by molar-refractivity contribution is 6.06. The third kappa shape index (κ3) is 5.69. The number of esters is 1. The quantitative estimate of drug-likeness (QED) is 0.122. The van der Waals surface area contributed by atoms with Crippen LogP contribution < -0.4 is 20.9 Å². The third-order valence-corrected chi connectivity index (χ3v) is 4.93. The molecule has 0 spiro atoms. The topological polar surface area (TPSA) is 105 Å². The van der Waals surface area contributed by atoms with Gasteiger partial charge in [-0.3, -0.25) is 4.79 Å². The number of benzene rings is 4. The Morgan fingerprint density at radius 2 is 1.38 bits per heavy atom. The van der Waals surface area contributed by atoms with Crippen molar-refractivity contribution in [3.8, 4) is 17.2 Å². The van der Waals surface area contributed by atoms with Gasteiger partial charge in [-0.25, -0.2) is 4.79 Å². The van der Waals surface area contributed by atoms with Gasteiger partial charge in [-0.15, -0.1) is 0 Å². The van der Waals surface area contributed by atoms with Crippen LogP contribution in [-0.4, -0.2) is 11.8 Å². The number of carbonyl (C=O) groups excluding carboxylic acids is 2. The summed E-state index contributed by atoms with van der Waals surface area (Å²) in [5, 5.41) is 0. The Labute approximate surface area is 197 Å². The van der Waals surface area contributed by atoms with Gasteiger partial charge in [0.1, 0.15) is 17.2 Å². The summed E-state index contributed by atoms with van der Waals surface area (Å²) in [6.45, 7) is 0. The van der Waals surface area contributed by atoms with Crippen LogP contribution in [0.25, 0.3) is 6.08 Å². The second kappa shape index (κ2) is 10.2. The molecule has 0 amide bonds. The van der Waals surface area contributed by atoms with E-state index in [-0.39, 0.29) is 5.78 Å². The highest BCUT2D eigenvalue weighted by Crippen LogP contribution is 2.29. The van der Waals surface area contributed by atoms with E-state index in [1.165, 1.54) is 6.08 Å². The second-order valence-corrected chi connectivity index (χ2v) is 7.45. The van der Waals surface area contributed by atoms with Gasteiger partial charge in [0.05, 0.1) is 11.3 Å². The maximum Gasteiger partial charge on any atom is 0.343 e. The van der Waals surface area contributed by atoms with Crippen LogP contribution in [0.15, 0.2) is 103 Å². The Balaban J connectivity index is 1.35. The molecule has 0 fully saturated rings. The molecule has 4 aromatic carbocycles. The lowest BCUT2D eigenvalue weighted by Gasteiger charge is -2.10. The van der Waals surface area contributed by atoms with E-state index >= 15 is 0 Å². The first-order valence-corrected chi connectivity index (χ1v) is 10.5. The maximum atomic E-state index is 12.5. The van der Waals surface area contributed by atoms with E-state index in [1.54, 1.807) is 84.9 Å². The molecule has 34 heavy (non-hydrogen) atoms. The summed E-state index contributed by atoms with van der Waals surface area (Å²) in [5.41, 5.74) is 14.4. The zero-order valence-electron chi connectivity index (χ0n) is 18.2. The van der Waals surface area contributed by atoms with Crippen molar-refractivity contribution in [2.24, 2.45) is 0 Å². The molecule has 0 saturated carbocycles.